The molecule has 178 valence electrons. The first-order chi connectivity index (χ1) is 16.0. The molecule has 0 radical (unpaired) electrons. The SMILES string of the molecule is C=CCOc1ccc(/C=C/C2CCC(c3ccc(OCCCC)c(C(F)F)c3F)CO2)cc1. The number of alkyl halides is 2. The Morgan fingerprint density at radius 1 is 1.12 bits per heavy atom. The van der Waals surface area contributed by atoms with Crippen molar-refractivity contribution in [3.8, 4) is 11.5 Å². The lowest BCUT2D eigenvalue weighted by Gasteiger charge is -2.28. The molecule has 0 aromatic heterocycles. The predicted octanol–water partition coefficient (Wildman–Crippen LogP) is 7.48. The molecule has 2 aromatic rings. The van der Waals surface area contributed by atoms with Crippen LogP contribution in [-0.2, 0) is 4.74 Å². The Morgan fingerprint density at radius 2 is 1.91 bits per heavy atom. The summed E-state index contributed by atoms with van der Waals surface area (Å²) in [6, 6.07) is 10.7. The van der Waals surface area contributed by atoms with Crippen molar-refractivity contribution in [3.63, 3.8) is 0 Å². The van der Waals surface area contributed by atoms with Crippen LogP contribution < -0.4 is 9.47 Å². The number of hydrogen-bond acceptors (Lipinski definition) is 3. The quantitative estimate of drug-likeness (QED) is 0.257. The van der Waals surface area contributed by atoms with Crippen LogP contribution in [0.2, 0.25) is 0 Å². The molecule has 1 fully saturated rings. The molecule has 1 aliphatic rings. The summed E-state index contributed by atoms with van der Waals surface area (Å²) in [6.45, 7) is 6.63. The zero-order valence-electron chi connectivity index (χ0n) is 18.9. The third kappa shape index (κ3) is 6.87. The first kappa shape index (κ1) is 24.9. The normalized spacial score (nSPS) is 18.6. The van der Waals surface area contributed by atoms with Gasteiger partial charge in [-0.2, -0.15) is 0 Å². The molecule has 6 heteroatoms. The molecule has 1 heterocycles. The Labute approximate surface area is 193 Å². The molecule has 33 heavy (non-hydrogen) atoms. The molecular formula is C27H31F3O3. The second-order valence-electron chi connectivity index (χ2n) is 8.06. The number of halogens is 3. The fourth-order valence-corrected chi connectivity index (χ4v) is 3.78. The van der Waals surface area contributed by atoms with E-state index in [1.807, 2.05) is 43.3 Å². The first-order valence-electron chi connectivity index (χ1n) is 11.4. The van der Waals surface area contributed by atoms with Crippen LogP contribution in [0.4, 0.5) is 13.2 Å². The first-order valence-corrected chi connectivity index (χ1v) is 11.4. The lowest BCUT2D eigenvalue weighted by atomic mass is 9.89. The summed E-state index contributed by atoms with van der Waals surface area (Å²) in [5.74, 6) is -0.438. The van der Waals surface area contributed by atoms with Gasteiger partial charge in [-0.1, -0.05) is 56.4 Å². The van der Waals surface area contributed by atoms with Gasteiger partial charge in [-0.15, -0.1) is 0 Å². The summed E-state index contributed by atoms with van der Waals surface area (Å²) in [4.78, 5) is 0. The molecule has 0 saturated carbocycles. The van der Waals surface area contributed by atoms with Crippen molar-refractivity contribution >= 4 is 6.08 Å². The Hall–Kier alpha value is -2.73. The molecule has 0 bridgehead atoms. The van der Waals surface area contributed by atoms with E-state index in [1.54, 1.807) is 12.1 Å². The molecule has 0 amide bonds. The summed E-state index contributed by atoms with van der Waals surface area (Å²) in [6.07, 6.45) is 5.53. The van der Waals surface area contributed by atoms with Crippen LogP contribution in [0.1, 0.15) is 61.6 Å². The number of benzene rings is 2. The Balaban J connectivity index is 1.60. The summed E-state index contributed by atoms with van der Waals surface area (Å²) in [7, 11) is 0. The van der Waals surface area contributed by atoms with Gasteiger partial charge >= 0.3 is 0 Å². The average Bonchev–Trinajstić information content (AvgIpc) is 2.82. The minimum absolute atomic E-state index is 0.0712. The van der Waals surface area contributed by atoms with Gasteiger partial charge in [-0.3, -0.25) is 0 Å². The van der Waals surface area contributed by atoms with Crippen LogP contribution in [0.25, 0.3) is 6.08 Å². The van der Waals surface area contributed by atoms with Crippen LogP contribution in [0.3, 0.4) is 0 Å². The van der Waals surface area contributed by atoms with Gasteiger partial charge in [0.15, 0.2) is 0 Å². The molecule has 0 spiro atoms. The minimum atomic E-state index is -2.93. The molecule has 0 N–H and O–H groups in total. The zero-order chi connectivity index (χ0) is 23.6. The van der Waals surface area contributed by atoms with Crippen LogP contribution >= 0.6 is 0 Å². The largest absolute Gasteiger partial charge is 0.493 e. The van der Waals surface area contributed by atoms with Gasteiger partial charge in [0.25, 0.3) is 6.43 Å². The Kier molecular flexibility index (Phi) is 9.43. The monoisotopic (exact) mass is 460 g/mol. The highest BCUT2D eigenvalue weighted by atomic mass is 19.3. The Morgan fingerprint density at radius 3 is 2.55 bits per heavy atom. The number of unbranched alkanes of at least 4 members (excludes halogenated alkanes) is 1. The number of ether oxygens (including phenoxy) is 3. The van der Waals surface area contributed by atoms with Crippen LogP contribution in [0.5, 0.6) is 11.5 Å². The maximum absolute atomic E-state index is 15.0. The number of rotatable bonds is 11. The summed E-state index contributed by atoms with van der Waals surface area (Å²) in [5, 5.41) is 0. The van der Waals surface area contributed by atoms with E-state index < -0.39 is 17.8 Å². The summed E-state index contributed by atoms with van der Waals surface area (Å²) >= 11 is 0. The highest BCUT2D eigenvalue weighted by Crippen LogP contribution is 2.38. The van der Waals surface area contributed by atoms with E-state index >= 15 is 4.39 Å². The van der Waals surface area contributed by atoms with Gasteiger partial charge < -0.3 is 14.2 Å². The van der Waals surface area contributed by atoms with Crippen molar-refractivity contribution in [1.82, 2.24) is 0 Å². The van der Waals surface area contributed by atoms with Crippen molar-refractivity contribution in [3.05, 3.63) is 77.6 Å². The standard InChI is InChI=1S/C27H31F3O3/c1-3-5-17-32-24-15-14-23(26(28)25(24)27(29)30)20-9-13-22(33-18-20)12-8-19-6-10-21(11-7-19)31-16-4-2/h4,6-8,10-12,14-15,20,22,27H,2-3,5,9,13,16-18H2,1H3/b12-8+. The van der Waals surface area contributed by atoms with Crippen molar-refractivity contribution in [1.29, 1.82) is 0 Å². The second-order valence-corrected chi connectivity index (χ2v) is 8.06. The molecule has 3 rings (SSSR count). The van der Waals surface area contributed by atoms with Gasteiger partial charge in [0.2, 0.25) is 0 Å². The molecule has 2 unspecified atom stereocenters. The molecule has 3 nitrogen and oxygen atoms in total. The van der Waals surface area contributed by atoms with Crippen molar-refractivity contribution < 1.29 is 27.4 Å². The average molecular weight is 461 g/mol. The highest BCUT2D eigenvalue weighted by molar-refractivity contribution is 5.51. The molecule has 2 atom stereocenters. The Bertz CT molecular complexity index is 917. The van der Waals surface area contributed by atoms with Crippen LogP contribution in [-0.4, -0.2) is 25.9 Å². The highest BCUT2D eigenvalue weighted by Gasteiger charge is 2.29. The molecule has 2 aromatic carbocycles. The predicted molar refractivity (Wildman–Crippen MR) is 125 cm³/mol. The van der Waals surface area contributed by atoms with Crippen LogP contribution in [0.15, 0.2) is 55.1 Å². The number of hydrogen-bond donors (Lipinski definition) is 0. The lowest BCUT2D eigenvalue weighted by molar-refractivity contribution is 0.0321. The van der Waals surface area contributed by atoms with Gasteiger partial charge in [0.05, 0.1) is 24.9 Å². The van der Waals surface area contributed by atoms with E-state index in [0.717, 1.165) is 24.2 Å². The summed E-state index contributed by atoms with van der Waals surface area (Å²) < 4.78 is 59.0. The molecule has 1 aliphatic heterocycles. The summed E-state index contributed by atoms with van der Waals surface area (Å²) in [5.41, 5.74) is 0.634. The van der Waals surface area contributed by atoms with E-state index in [2.05, 4.69) is 6.58 Å². The minimum Gasteiger partial charge on any atom is -0.493 e. The van der Waals surface area contributed by atoms with Crippen LogP contribution in [0, 0.1) is 5.82 Å². The van der Waals surface area contributed by atoms with E-state index in [1.165, 1.54) is 6.07 Å². The van der Waals surface area contributed by atoms with Gasteiger partial charge in [0, 0.05) is 5.92 Å². The van der Waals surface area contributed by atoms with Crippen molar-refractivity contribution in [2.45, 2.75) is 51.1 Å². The van der Waals surface area contributed by atoms with Gasteiger partial charge in [-0.05, 0) is 48.6 Å². The molecule has 0 aliphatic carbocycles. The van der Waals surface area contributed by atoms with E-state index in [0.29, 0.717) is 26.1 Å². The third-order valence-electron chi connectivity index (χ3n) is 5.65. The van der Waals surface area contributed by atoms with E-state index in [-0.39, 0.29) is 29.9 Å². The smallest absolute Gasteiger partial charge is 0.270 e. The zero-order valence-corrected chi connectivity index (χ0v) is 18.9. The van der Waals surface area contributed by atoms with E-state index in [9.17, 15) is 8.78 Å². The fraction of sp³-hybridized carbons (Fsp3) is 0.407. The molecular weight excluding hydrogens is 429 g/mol. The maximum atomic E-state index is 15.0. The van der Waals surface area contributed by atoms with Crippen molar-refractivity contribution in [2.75, 3.05) is 19.8 Å². The topological polar surface area (TPSA) is 27.7 Å². The van der Waals surface area contributed by atoms with Crippen molar-refractivity contribution in [2.24, 2.45) is 0 Å². The fourth-order valence-electron chi connectivity index (χ4n) is 3.78. The lowest BCUT2D eigenvalue weighted by Crippen LogP contribution is -2.24. The third-order valence-corrected chi connectivity index (χ3v) is 5.65. The maximum Gasteiger partial charge on any atom is 0.270 e. The van der Waals surface area contributed by atoms with E-state index in [4.69, 9.17) is 14.2 Å². The second kappa shape index (κ2) is 12.5. The molecule has 1 saturated heterocycles. The van der Waals surface area contributed by atoms with Gasteiger partial charge in [-0.25, -0.2) is 13.2 Å². The van der Waals surface area contributed by atoms with Gasteiger partial charge in [0.1, 0.15) is 23.9 Å².